The van der Waals surface area contributed by atoms with Crippen molar-refractivity contribution in [2.24, 2.45) is 0 Å². The van der Waals surface area contributed by atoms with Gasteiger partial charge in [0.25, 0.3) is 0 Å². The van der Waals surface area contributed by atoms with E-state index in [9.17, 15) is 4.79 Å². The maximum Gasteiger partial charge on any atom is 0.323 e. The Balaban J connectivity index is 3.37. The van der Waals surface area contributed by atoms with Crippen LogP contribution in [0.25, 0.3) is 0 Å². The molecule has 1 unspecified atom stereocenters. The number of carbonyl (C=O) groups is 1. The minimum Gasteiger partial charge on any atom is -0.480 e. The second kappa shape index (κ2) is 10.9. The van der Waals surface area contributed by atoms with Crippen LogP contribution in [0.4, 0.5) is 0 Å². The molecule has 2 N–H and O–H groups in total. The van der Waals surface area contributed by atoms with E-state index in [4.69, 9.17) is 14.6 Å². The molecule has 5 heteroatoms. The van der Waals surface area contributed by atoms with Crippen LogP contribution in [0.1, 0.15) is 26.2 Å². The number of methoxy groups -OCH3 is 1. The molecule has 0 aromatic carbocycles. The average molecular weight is 233 g/mol. The lowest BCUT2D eigenvalue weighted by molar-refractivity contribution is -0.140. The van der Waals surface area contributed by atoms with Gasteiger partial charge in [0.05, 0.1) is 6.61 Å². The minimum atomic E-state index is -0.881. The van der Waals surface area contributed by atoms with Crippen LogP contribution in [0.2, 0.25) is 0 Å². The van der Waals surface area contributed by atoms with E-state index < -0.39 is 12.0 Å². The molecule has 0 aliphatic carbocycles. The first kappa shape index (κ1) is 15.3. The number of hydrogen-bond acceptors (Lipinski definition) is 4. The van der Waals surface area contributed by atoms with Gasteiger partial charge in [-0.1, -0.05) is 13.3 Å². The molecular weight excluding hydrogens is 210 g/mol. The van der Waals surface area contributed by atoms with Crippen LogP contribution in [0.15, 0.2) is 0 Å². The molecule has 0 spiro atoms. The van der Waals surface area contributed by atoms with Gasteiger partial charge in [0.2, 0.25) is 0 Å². The highest BCUT2D eigenvalue weighted by Gasteiger charge is 2.15. The summed E-state index contributed by atoms with van der Waals surface area (Å²) in [4.78, 5) is 10.7. The highest BCUT2D eigenvalue weighted by molar-refractivity contribution is 5.73. The summed E-state index contributed by atoms with van der Waals surface area (Å²) in [5.41, 5.74) is 0. The van der Waals surface area contributed by atoms with Gasteiger partial charge < -0.3 is 19.9 Å². The summed E-state index contributed by atoms with van der Waals surface area (Å²) < 4.78 is 10.2. The average Bonchev–Trinajstić information content (AvgIpc) is 2.26. The van der Waals surface area contributed by atoms with E-state index in [1.165, 1.54) is 7.11 Å². The summed E-state index contributed by atoms with van der Waals surface area (Å²) in [6.07, 6.45) is 3.03. The fraction of sp³-hybridized carbons (Fsp3) is 0.909. The quantitative estimate of drug-likeness (QED) is 0.519. The Morgan fingerprint density at radius 1 is 1.38 bits per heavy atom. The van der Waals surface area contributed by atoms with Crippen LogP contribution in [-0.2, 0) is 14.3 Å². The number of aliphatic carboxylic acids is 1. The van der Waals surface area contributed by atoms with Gasteiger partial charge in [-0.2, -0.15) is 0 Å². The van der Waals surface area contributed by atoms with Crippen molar-refractivity contribution in [3.8, 4) is 0 Å². The molecule has 0 heterocycles. The molecule has 0 saturated heterocycles. The predicted octanol–water partition coefficient (Wildman–Crippen LogP) is 0.882. The number of carboxylic acid groups (broad SMARTS) is 1. The number of nitrogens with one attached hydrogen (secondary N) is 1. The Morgan fingerprint density at radius 3 is 2.62 bits per heavy atom. The highest BCUT2D eigenvalue weighted by atomic mass is 16.5. The third kappa shape index (κ3) is 8.64. The molecular formula is C11H23NO4. The molecule has 0 rings (SSSR count). The fourth-order valence-electron chi connectivity index (χ4n) is 1.18. The monoisotopic (exact) mass is 233 g/mol. The van der Waals surface area contributed by atoms with E-state index in [0.717, 1.165) is 25.9 Å². The van der Waals surface area contributed by atoms with Gasteiger partial charge in [0.1, 0.15) is 6.04 Å². The lowest BCUT2D eigenvalue weighted by Crippen LogP contribution is -2.41. The molecule has 0 fully saturated rings. The van der Waals surface area contributed by atoms with Crippen molar-refractivity contribution in [2.45, 2.75) is 32.2 Å². The van der Waals surface area contributed by atoms with Crippen molar-refractivity contribution >= 4 is 5.97 Å². The standard InChI is InChI=1S/C11H23NO4/c1-3-4-7-16-8-5-6-12-10(9-15-2)11(13)14/h10,12H,3-9H2,1-2H3,(H,13,14). The van der Waals surface area contributed by atoms with Crippen molar-refractivity contribution < 1.29 is 19.4 Å². The molecule has 0 amide bonds. The zero-order valence-electron chi connectivity index (χ0n) is 10.2. The smallest absolute Gasteiger partial charge is 0.323 e. The van der Waals surface area contributed by atoms with Crippen LogP contribution in [0.3, 0.4) is 0 Å². The summed E-state index contributed by atoms with van der Waals surface area (Å²) in [6, 6.07) is -0.624. The largest absolute Gasteiger partial charge is 0.480 e. The summed E-state index contributed by atoms with van der Waals surface area (Å²) in [5.74, 6) is -0.881. The molecule has 0 aliphatic heterocycles. The van der Waals surface area contributed by atoms with Crippen molar-refractivity contribution in [1.82, 2.24) is 5.32 Å². The zero-order chi connectivity index (χ0) is 12.2. The summed E-state index contributed by atoms with van der Waals surface area (Å²) in [7, 11) is 1.49. The first-order valence-corrected chi connectivity index (χ1v) is 5.75. The van der Waals surface area contributed by atoms with Gasteiger partial charge in [-0.15, -0.1) is 0 Å². The molecule has 0 radical (unpaired) electrons. The zero-order valence-corrected chi connectivity index (χ0v) is 10.2. The SMILES string of the molecule is CCCCOCCCNC(COC)C(=O)O. The van der Waals surface area contributed by atoms with Crippen LogP contribution in [0, 0.1) is 0 Å². The summed E-state index contributed by atoms with van der Waals surface area (Å²) in [6.45, 7) is 4.40. The lowest BCUT2D eigenvalue weighted by Gasteiger charge is -2.13. The van der Waals surface area contributed by atoms with Gasteiger partial charge in [-0.25, -0.2) is 0 Å². The first-order chi connectivity index (χ1) is 7.72. The van der Waals surface area contributed by atoms with E-state index >= 15 is 0 Å². The molecule has 0 aromatic heterocycles. The number of rotatable bonds is 11. The van der Waals surface area contributed by atoms with E-state index in [1.54, 1.807) is 0 Å². The molecule has 0 aliphatic rings. The minimum absolute atomic E-state index is 0.187. The summed E-state index contributed by atoms with van der Waals surface area (Å²) >= 11 is 0. The number of carboxylic acids is 1. The Labute approximate surface area is 97.1 Å². The first-order valence-electron chi connectivity index (χ1n) is 5.75. The van der Waals surface area contributed by atoms with E-state index in [2.05, 4.69) is 12.2 Å². The Morgan fingerprint density at radius 2 is 2.06 bits per heavy atom. The third-order valence-electron chi connectivity index (χ3n) is 2.13. The maximum atomic E-state index is 10.7. The molecule has 0 saturated carbocycles. The van der Waals surface area contributed by atoms with Gasteiger partial charge in [0.15, 0.2) is 0 Å². The third-order valence-corrected chi connectivity index (χ3v) is 2.13. The van der Waals surface area contributed by atoms with Gasteiger partial charge in [-0.05, 0) is 19.4 Å². The molecule has 0 aromatic rings. The van der Waals surface area contributed by atoms with Crippen LogP contribution in [0.5, 0.6) is 0 Å². The molecule has 5 nitrogen and oxygen atoms in total. The van der Waals surface area contributed by atoms with Crippen molar-refractivity contribution in [3.05, 3.63) is 0 Å². The predicted molar refractivity (Wildman–Crippen MR) is 61.6 cm³/mol. The van der Waals surface area contributed by atoms with Crippen LogP contribution in [-0.4, -0.2) is 50.6 Å². The fourth-order valence-corrected chi connectivity index (χ4v) is 1.18. The molecule has 0 bridgehead atoms. The Bertz CT molecular complexity index is 175. The van der Waals surface area contributed by atoms with Crippen molar-refractivity contribution in [3.63, 3.8) is 0 Å². The Hall–Kier alpha value is -0.650. The normalized spacial score (nSPS) is 12.6. The van der Waals surface area contributed by atoms with E-state index in [0.29, 0.717) is 13.2 Å². The van der Waals surface area contributed by atoms with Gasteiger partial charge >= 0.3 is 5.97 Å². The molecule has 16 heavy (non-hydrogen) atoms. The van der Waals surface area contributed by atoms with Crippen LogP contribution >= 0.6 is 0 Å². The number of hydrogen-bond donors (Lipinski definition) is 2. The number of ether oxygens (including phenoxy) is 2. The lowest BCUT2D eigenvalue weighted by atomic mass is 10.3. The maximum absolute atomic E-state index is 10.7. The van der Waals surface area contributed by atoms with Gasteiger partial charge in [-0.3, -0.25) is 4.79 Å². The van der Waals surface area contributed by atoms with E-state index in [1.807, 2.05) is 0 Å². The van der Waals surface area contributed by atoms with E-state index in [-0.39, 0.29) is 6.61 Å². The highest BCUT2D eigenvalue weighted by Crippen LogP contribution is 1.90. The van der Waals surface area contributed by atoms with Crippen molar-refractivity contribution in [1.29, 1.82) is 0 Å². The second-order valence-corrected chi connectivity index (χ2v) is 3.62. The molecule has 96 valence electrons. The topological polar surface area (TPSA) is 67.8 Å². The second-order valence-electron chi connectivity index (χ2n) is 3.62. The summed E-state index contributed by atoms with van der Waals surface area (Å²) in [5, 5.41) is 11.7. The van der Waals surface area contributed by atoms with Gasteiger partial charge in [0, 0.05) is 20.3 Å². The van der Waals surface area contributed by atoms with Crippen molar-refractivity contribution in [2.75, 3.05) is 33.5 Å². The Kier molecular flexibility index (Phi) is 10.4. The van der Waals surface area contributed by atoms with Crippen LogP contribution < -0.4 is 5.32 Å². The number of unbranched alkanes of at least 4 members (excludes halogenated alkanes) is 1. The molecule has 1 atom stereocenters.